The number of hydrogen-bond donors (Lipinski definition) is 1. The van der Waals surface area contributed by atoms with E-state index >= 15 is 0 Å². The number of aliphatic hydroxyl groups is 1. The molecule has 1 fully saturated rings. The van der Waals surface area contributed by atoms with Gasteiger partial charge in [0.05, 0.1) is 31.0 Å². The van der Waals surface area contributed by atoms with Gasteiger partial charge in [0.2, 0.25) is 0 Å². The monoisotopic (exact) mass is 388 g/mol. The Morgan fingerprint density at radius 3 is 2.75 bits per heavy atom. The number of aliphatic hydroxyl groups excluding tert-OH is 1. The molecule has 1 aliphatic carbocycles. The predicted octanol–water partition coefficient (Wildman–Crippen LogP) is 0.493. The van der Waals surface area contributed by atoms with Gasteiger partial charge < -0.3 is 24.1 Å². The number of hydrogen-bond acceptors (Lipinski definition) is 8. The van der Waals surface area contributed by atoms with E-state index in [1.807, 2.05) is 6.08 Å². The van der Waals surface area contributed by atoms with Crippen LogP contribution in [-0.2, 0) is 33.3 Å². The first-order chi connectivity index (χ1) is 13.5. The summed E-state index contributed by atoms with van der Waals surface area (Å²) in [6, 6.07) is 0. The van der Waals surface area contributed by atoms with Crippen LogP contribution in [0.3, 0.4) is 0 Å². The van der Waals surface area contributed by atoms with Crippen molar-refractivity contribution in [3.63, 3.8) is 0 Å². The molecule has 5 aliphatic rings. The molecule has 28 heavy (non-hydrogen) atoms. The second-order valence-corrected chi connectivity index (χ2v) is 7.62. The van der Waals surface area contributed by atoms with Gasteiger partial charge in [-0.2, -0.15) is 0 Å². The fourth-order valence-electron chi connectivity index (χ4n) is 5.30. The summed E-state index contributed by atoms with van der Waals surface area (Å²) < 4.78 is 22.4. The molecule has 0 aromatic rings. The fourth-order valence-corrected chi connectivity index (χ4v) is 5.30. The van der Waals surface area contributed by atoms with Gasteiger partial charge in [0, 0.05) is 18.4 Å². The van der Waals surface area contributed by atoms with E-state index in [2.05, 4.69) is 0 Å². The van der Waals surface area contributed by atoms with Gasteiger partial charge >= 0.3 is 11.9 Å². The normalized spacial score (nSPS) is 39.7. The largest absolute Gasteiger partial charge is 0.465 e. The van der Waals surface area contributed by atoms with Crippen LogP contribution in [0, 0.1) is 5.41 Å². The maximum atomic E-state index is 13.2. The average molecular weight is 388 g/mol. The van der Waals surface area contributed by atoms with Gasteiger partial charge in [0.1, 0.15) is 17.8 Å². The minimum absolute atomic E-state index is 0.0824. The van der Waals surface area contributed by atoms with Crippen LogP contribution in [0.2, 0.25) is 0 Å². The van der Waals surface area contributed by atoms with Gasteiger partial charge in [0.15, 0.2) is 6.29 Å². The number of cyclic esters (lactones) is 2. The van der Waals surface area contributed by atoms with E-state index in [0.717, 1.165) is 6.29 Å². The number of rotatable bonds is 1. The van der Waals surface area contributed by atoms with Gasteiger partial charge in [-0.1, -0.05) is 6.08 Å². The van der Waals surface area contributed by atoms with Crippen molar-refractivity contribution >= 4 is 18.2 Å². The summed E-state index contributed by atoms with van der Waals surface area (Å²) in [5, 5.41) is 10.6. The first-order valence-corrected chi connectivity index (χ1v) is 9.45. The zero-order valence-electron chi connectivity index (χ0n) is 15.3. The molecule has 1 spiro atoms. The summed E-state index contributed by atoms with van der Waals surface area (Å²) in [6.07, 6.45) is 0.440. The summed E-state index contributed by atoms with van der Waals surface area (Å²) in [5.74, 6) is -1.13. The molecule has 0 aromatic heterocycles. The zero-order valence-corrected chi connectivity index (χ0v) is 15.3. The number of ether oxygens (including phenoxy) is 4. The van der Waals surface area contributed by atoms with E-state index in [0.29, 0.717) is 41.6 Å². The van der Waals surface area contributed by atoms with Crippen LogP contribution in [0.4, 0.5) is 0 Å². The molecular formula is C20H20O8. The van der Waals surface area contributed by atoms with E-state index in [9.17, 15) is 19.5 Å². The molecule has 5 rings (SSSR count). The molecule has 1 saturated heterocycles. The topological polar surface area (TPSA) is 108 Å². The maximum Gasteiger partial charge on any atom is 0.339 e. The average Bonchev–Trinajstić information content (AvgIpc) is 2.67. The Morgan fingerprint density at radius 1 is 1.18 bits per heavy atom. The lowest BCUT2D eigenvalue weighted by atomic mass is 9.59. The molecule has 8 heteroatoms. The van der Waals surface area contributed by atoms with Crippen LogP contribution < -0.4 is 0 Å². The summed E-state index contributed by atoms with van der Waals surface area (Å²) in [5.41, 5.74) is 1.15. The van der Waals surface area contributed by atoms with Crippen molar-refractivity contribution < 1.29 is 38.4 Å². The predicted molar refractivity (Wildman–Crippen MR) is 91.6 cm³/mol. The Balaban J connectivity index is 1.74. The molecule has 1 N–H and O–H groups in total. The van der Waals surface area contributed by atoms with Gasteiger partial charge in [-0.25, -0.2) is 4.79 Å². The van der Waals surface area contributed by atoms with Gasteiger partial charge in [-0.15, -0.1) is 0 Å². The first kappa shape index (κ1) is 17.8. The number of fused-ring (bicyclic) bond motifs is 2. The molecule has 5 atom stereocenters. The third-order valence-electron chi connectivity index (χ3n) is 6.45. The smallest absolute Gasteiger partial charge is 0.339 e. The van der Waals surface area contributed by atoms with E-state index in [1.165, 1.54) is 0 Å². The number of carbonyl (C=O) groups is 3. The SMILES string of the molecule is CC1OC2CC=C3C4=C(C(=O)OCC4)C(O)OC3C23C(=O)OCCC3=C1C=O. The van der Waals surface area contributed by atoms with Crippen molar-refractivity contribution in [2.45, 2.75) is 50.8 Å². The lowest BCUT2D eigenvalue weighted by Gasteiger charge is -2.55. The van der Waals surface area contributed by atoms with Crippen LogP contribution in [0.15, 0.2) is 33.9 Å². The van der Waals surface area contributed by atoms with Crippen LogP contribution in [0.25, 0.3) is 0 Å². The van der Waals surface area contributed by atoms with Crippen molar-refractivity contribution in [2.75, 3.05) is 13.2 Å². The first-order valence-electron chi connectivity index (χ1n) is 9.45. The molecule has 8 nitrogen and oxygen atoms in total. The van der Waals surface area contributed by atoms with Crippen LogP contribution in [0.5, 0.6) is 0 Å². The zero-order chi connectivity index (χ0) is 19.6. The molecule has 0 saturated carbocycles. The Hall–Kier alpha value is -2.29. The molecule has 148 valence electrons. The van der Waals surface area contributed by atoms with Crippen LogP contribution >= 0.6 is 0 Å². The quantitative estimate of drug-likeness (QED) is 0.511. The van der Waals surface area contributed by atoms with Crippen molar-refractivity contribution in [2.24, 2.45) is 5.41 Å². The standard InChI is InChI=1S/C20H20O8/c1-9-12(8-21)13-5-7-26-19(24)20(13)14(27-9)3-2-11-10-4-6-25-17(22)15(10)18(23)28-16(11)20/h2,8-9,14,16,18,23H,3-7H2,1H3. The van der Waals surface area contributed by atoms with E-state index in [-0.39, 0.29) is 18.8 Å². The highest BCUT2D eigenvalue weighted by Crippen LogP contribution is 2.57. The van der Waals surface area contributed by atoms with Crippen molar-refractivity contribution in [1.29, 1.82) is 0 Å². The molecule has 4 aliphatic heterocycles. The summed E-state index contributed by atoms with van der Waals surface area (Å²) in [6.45, 7) is 2.17. The second-order valence-electron chi connectivity index (χ2n) is 7.62. The van der Waals surface area contributed by atoms with Gasteiger partial charge in [-0.05, 0) is 30.1 Å². The summed E-state index contributed by atoms with van der Waals surface area (Å²) in [4.78, 5) is 37.2. The van der Waals surface area contributed by atoms with Gasteiger partial charge in [0.25, 0.3) is 0 Å². The Labute approximate surface area is 160 Å². The molecule has 5 unspecified atom stereocenters. The van der Waals surface area contributed by atoms with E-state index in [4.69, 9.17) is 18.9 Å². The van der Waals surface area contributed by atoms with Crippen molar-refractivity contribution in [3.8, 4) is 0 Å². The third kappa shape index (κ3) is 2.08. The minimum atomic E-state index is -1.52. The number of esters is 2. The Kier molecular flexibility index (Phi) is 3.88. The van der Waals surface area contributed by atoms with Crippen LogP contribution in [0.1, 0.15) is 26.2 Å². The Morgan fingerprint density at radius 2 is 1.96 bits per heavy atom. The van der Waals surface area contributed by atoms with E-state index in [1.54, 1.807) is 6.92 Å². The molecule has 0 bridgehead atoms. The van der Waals surface area contributed by atoms with Gasteiger partial charge in [-0.3, -0.25) is 9.59 Å². The third-order valence-corrected chi connectivity index (χ3v) is 6.45. The highest BCUT2D eigenvalue weighted by Gasteiger charge is 2.65. The minimum Gasteiger partial charge on any atom is -0.465 e. The molecule has 0 radical (unpaired) electrons. The van der Waals surface area contributed by atoms with Crippen molar-refractivity contribution in [3.05, 3.63) is 33.9 Å². The Bertz CT molecular complexity index is 881. The maximum absolute atomic E-state index is 13.2. The second kappa shape index (κ2) is 6.10. The lowest BCUT2D eigenvalue weighted by molar-refractivity contribution is -0.211. The summed E-state index contributed by atoms with van der Waals surface area (Å²) >= 11 is 0. The van der Waals surface area contributed by atoms with Crippen LogP contribution in [-0.4, -0.2) is 61.1 Å². The fraction of sp³-hybridized carbons (Fsp3) is 0.550. The molecule has 0 amide bonds. The molecule has 0 aromatic carbocycles. The number of aldehydes is 1. The highest BCUT2D eigenvalue weighted by atomic mass is 16.6. The lowest BCUT2D eigenvalue weighted by Crippen LogP contribution is -2.64. The molecular weight excluding hydrogens is 368 g/mol. The van der Waals surface area contributed by atoms with Crippen molar-refractivity contribution in [1.82, 2.24) is 0 Å². The number of carbonyl (C=O) groups excluding carboxylic acids is 3. The molecule has 4 heterocycles. The summed E-state index contributed by atoms with van der Waals surface area (Å²) in [7, 11) is 0. The van der Waals surface area contributed by atoms with E-state index < -0.39 is 42.0 Å². The highest BCUT2D eigenvalue weighted by molar-refractivity contribution is 5.94.